The molecule has 0 bridgehead atoms. The molecule has 0 aliphatic heterocycles. The summed E-state index contributed by atoms with van der Waals surface area (Å²) < 4.78 is 0. The van der Waals surface area contributed by atoms with Crippen molar-refractivity contribution in [2.24, 2.45) is 0 Å². The molecule has 3 nitrogen and oxygen atoms in total. The van der Waals surface area contributed by atoms with E-state index >= 15 is 0 Å². The molecule has 0 saturated heterocycles. The molecule has 0 N–H and O–H groups in total. The number of hydrogen-bond donors (Lipinski definition) is 0. The van der Waals surface area contributed by atoms with E-state index in [1.54, 1.807) is 0 Å². The zero-order valence-corrected chi connectivity index (χ0v) is 21.3. The molecule has 0 fully saturated rings. The van der Waals surface area contributed by atoms with Gasteiger partial charge in [0.05, 0.1) is 0 Å². The van der Waals surface area contributed by atoms with Crippen LogP contribution in [-0.2, 0) is 0 Å². The van der Waals surface area contributed by atoms with Gasteiger partial charge in [-0.05, 0) is 56.1 Å². The average molecular weight is 492 g/mol. The Kier molecular flexibility index (Phi) is 6.23. The summed E-state index contributed by atoms with van der Waals surface area (Å²) in [5.74, 6) is 0. The zero-order chi connectivity index (χ0) is 24.9. The normalized spacial score (nSPS) is 11.2. The van der Waals surface area contributed by atoms with Crippen LogP contribution in [0.25, 0.3) is 22.3 Å². The molecule has 0 amide bonds. The van der Waals surface area contributed by atoms with Crippen LogP contribution in [0.5, 0.6) is 0 Å². The smallest absolute Gasteiger partial charge is 0.181 e. The van der Waals surface area contributed by atoms with Crippen molar-refractivity contribution >= 4 is 28.8 Å². The van der Waals surface area contributed by atoms with Gasteiger partial charge >= 0.3 is 0 Å². The third-order valence-electron chi connectivity index (χ3n) is 6.94. The van der Waals surface area contributed by atoms with Gasteiger partial charge in [-0.2, -0.15) is 0 Å². The second-order valence-electron chi connectivity index (χ2n) is 8.93. The molecular weight excluding hydrogens is 466 g/mol. The van der Waals surface area contributed by atoms with E-state index in [-0.39, 0.29) is 0 Å². The van der Waals surface area contributed by atoms with Gasteiger partial charge in [0.1, 0.15) is 0 Å². The zero-order valence-electron chi connectivity index (χ0n) is 20.3. The summed E-state index contributed by atoms with van der Waals surface area (Å²) in [4.78, 5) is 13.5. The largest absolute Gasteiger partial charge is 0.265 e. The van der Waals surface area contributed by atoms with Crippen LogP contribution in [0.2, 0.25) is 0 Å². The minimum atomic E-state index is -2.86. The lowest BCUT2D eigenvalue weighted by Crippen LogP contribution is -2.75. The molecule has 6 aromatic rings. The second kappa shape index (κ2) is 10.1. The van der Waals surface area contributed by atoms with Crippen LogP contribution < -0.4 is 20.7 Å². The highest BCUT2D eigenvalue weighted by molar-refractivity contribution is 7.20. The van der Waals surface area contributed by atoms with E-state index < -0.39 is 8.07 Å². The van der Waals surface area contributed by atoms with Crippen molar-refractivity contribution in [1.29, 1.82) is 0 Å². The highest BCUT2D eigenvalue weighted by atomic mass is 28.3. The fourth-order valence-electron chi connectivity index (χ4n) is 5.36. The predicted octanol–water partition coefficient (Wildman–Crippen LogP) is 4.58. The molecule has 0 aliphatic rings. The van der Waals surface area contributed by atoms with Crippen molar-refractivity contribution in [3.8, 4) is 22.3 Å². The lowest BCUT2D eigenvalue weighted by molar-refractivity contribution is 1.31. The Bertz CT molecular complexity index is 1480. The van der Waals surface area contributed by atoms with Crippen molar-refractivity contribution in [2.75, 3.05) is 0 Å². The topological polar surface area (TPSA) is 38.7 Å². The number of rotatable bonds is 6. The third kappa shape index (κ3) is 4.07. The summed E-state index contributed by atoms with van der Waals surface area (Å²) in [7, 11) is -2.86. The molecule has 0 atom stereocenters. The quantitative estimate of drug-likeness (QED) is 0.320. The first kappa shape index (κ1) is 22.8. The molecule has 176 valence electrons. The Morgan fingerprint density at radius 1 is 0.378 bits per heavy atom. The summed E-state index contributed by atoms with van der Waals surface area (Å²) in [6.45, 7) is 0. The molecule has 0 unspecified atom stereocenters. The molecule has 0 spiro atoms. The number of hydrogen-bond acceptors (Lipinski definition) is 3. The number of nitrogens with zero attached hydrogens (tertiary/aromatic N) is 3. The molecule has 3 heterocycles. The molecule has 0 saturated carbocycles. The summed E-state index contributed by atoms with van der Waals surface area (Å²) >= 11 is 0. The minimum absolute atomic E-state index is 1.11. The predicted molar refractivity (Wildman–Crippen MR) is 154 cm³/mol. The number of pyridine rings is 3. The van der Waals surface area contributed by atoms with Crippen LogP contribution in [0.1, 0.15) is 0 Å². The van der Waals surface area contributed by atoms with E-state index in [0.29, 0.717) is 0 Å². The van der Waals surface area contributed by atoms with E-state index in [9.17, 15) is 0 Å². The maximum Gasteiger partial charge on any atom is 0.181 e. The summed E-state index contributed by atoms with van der Waals surface area (Å²) in [6, 6.07) is 41.1. The molecular formula is C33H25N3Si. The van der Waals surface area contributed by atoms with Gasteiger partial charge in [0.15, 0.2) is 8.07 Å². The van der Waals surface area contributed by atoms with Crippen LogP contribution in [0.3, 0.4) is 0 Å². The van der Waals surface area contributed by atoms with Crippen LogP contribution in [0.4, 0.5) is 0 Å². The first-order valence-electron chi connectivity index (χ1n) is 12.3. The van der Waals surface area contributed by atoms with E-state index in [1.165, 1.54) is 20.7 Å². The van der Waals surface area contributed by atoms with Crippen LogP contribution in [0.15, 0.2) is 152 Å². The Labute approximate surface area is 218 Å². The average Bonchev–Trinajstić information content (AvgIpc) is 3.00. The Morgan fingerprint density at radius 2 is 0.784 bits per heavy atom. The maximum atomic E-state index is 4.60. The van der Waals surface area contributed by atoms with Crippen molar-refractivity contribution in [3.05, 3.63) is 152 Å². The number of aromatic nitrogens is 3. The summed E-state index contributed by atoms with van der Waals surface area (Å²) in [5.41, 5.74) is 4.55. The van der Waals surface area contributed by atoms with Gasteiger partial charge in [0.2, 0.25) is 0 Å². The highest BCUT2D eigenvalue weighted by Crippen LogP contribution is 2.24. The Hall–Kier alpha value is -4.67. The van der Waals surface area contributed by atoms with Crippen LogP contribution in [-0.4, -0.2) is 23.0 Å². The van der Waals surface area contributed by atoms with Gasteiger partial charge < -0.3 is 0 Å². The first-order valence-corrected chi connectivity index (χ1v) is 14.3. The maximum absolute atomic E-state index is 4.60. The summed E-state index contributed by atoms with van der Waals surface area (Å²) in [5, 5.41) is 5.21. The monoisotopic (exact) mass is 491 g/mol. The molecule has 3 aromatic heterocycles. The van der Waals surface area contributed by atoms with Gasteiger partial charge in [-0.1, -0.05) is 91.0 Å². The van der Waals surface area contributed by atoms with Crippen LogP contribution >= 0.6 is 0 Å². The van der Waals surface area contributed by atoms with E-state index in [2.05, 4.69) is 130 Å². The van der Waals surface area contributed by atoms with Crippen LogP contribution in [0, 0.1) is 0 Å². The van der Waals surface area contributed by atoms with Crippen molar-refractivity contribution in [1.82, 2.24) is 15.0 Å². The van der Waals surface area contributed by atoms with E-state index in [1.807, 2.05) is 37.2 Å². The summed E-state index contributed by atoms with van der Waals surface area (Å²) in [6.07, 6.45) is 11.6. The van der Waals surface area contributed by atoms with Gasteiger partial charge in [0, 0.05) is 48.3 Å². The third-order valence-corrected chi connectivity index (χ3v) is 11.8. The molecule has 0 radical (unpaired) electrons. The van der Waals surface area contributed by atoms with Crippen molar-refractivity contribution in [2.45, 2.75) is 0 Å². The first-order chi connectivity index (χ1) is 18.4. The molecule has 3 aromatic carbocycles. The Balaban J connectivity index is 1.80. The van der Waals surface area contributed by atoms with Crippen molar-refractivity contribution in [3.63, 3.8) is 0 Å². The fourth-order valence-corrected chi connectivity index (χ4v) is 10.5. The Morgan fingerprint density at radius 3 is 1.27 bits per heavy atom. The lowest BCUT2D eigenvalue weighted by atomic mass is 10.1. The van der Waals surface area contributed by atoms with E-state index in [0.717, 1.165) is 22.3 Å². The fraction of sp³-hybridized carbons (Fsp3) is 0. The van der Waals surface area contributed by atoms with Gasteiger partial charge in [-0.3, -0.25) is 15.0 Å². The SMILES string of the molecule is c1ccc(-c2cnccc2[Si](c2ccccc2)(c2ccccc2)c2ccncc2-c2ccncc2)cc1. The molecule has 37 heavy (non-hydrogen) atoms. The van der Waals surface area contributed by atoms with Crippen molar-refractivity contribution < 1.29 is 0 Å². The molecule has 6 rings (SSSR count). The molecule has 4 heteroatoms. The van der Waals surface area contributed by atoms with Gasteiger partial charge in [-0.15, -0.1) is 0 Å². The number of benzene rings is 3. The molecule has 0 aliphatic carbocycles. The highest BCUT2D eigenvalue weighted by Gasteiger charge is 2.44. The lowest BCUT2D eigenvalue weighted by Gasteiger charge is -2.37. The minimum Gasteiger partial charge on any atom is -0.265 e. The standard InChI is InChI=1S/C33H25N3Si/c1-4-10-26(11-5-1)30-24-35-22-18-32(30)37(28-12-6-2-7-13-28,29-14-8-3-9-15-29)33-19-23-36-25-31(33)27-16-20-34-21-17-27/h1-25H. The van der Waals surface area contributed by atoms with Gasteiger partial charge in [0.25, 0.3) is 0 Å². The van der Waals surface area contributed by atoms with E-state index in [4.69, 9.17) is 0 Å². The van der Waals surface area contributed by atoms with Gasteiger partial charge in [-0.25, -0.2) is 0 Å². The second-order valence-corrected chi connectivity index (χ2v) is 12.7.